The Morgan fingerprint density at radius 2 is 1.93 bits per heavy atom. The van der Waals surface area contributed by atoms with Crippen molar-refractivity contribution < 1.29 is 14.6 Å². The summed E-state index contributed by atoms with van der Waals surface area (Å²) in [6.45, 7) is 4.63. The van der Waals surface area contributed by atoms with E-state index in [1.165, 1.54) is 0 Å². The molecule has 2 saturated heterocycles. The maximum absolute atomic E-state index is 10.3. The van der Waals surface area contributed by atoms with Gasteiger partial charge in [0.15, 0.2) is 5.82 Å². The molecule has 5 rings (SSSR count). The van der Waals surface area contributed by atoms with Gasteiger partial charge < -0.3 is 30.2 Å². The number of hydrogen-bond donors (Lipinski definition) is 4. The molecular formula is C20H26ClN5O3. The number of rotatable bonds is 2. The highest BCUT2D eigenvalue weighted by atomic mass is 35.5. The van der Waals surface area contributed by atoms with Gasteiger partial charge in [0.1, 0.15) is 17.4 Å². The van der Waals surface area contributed by atoms with E-state index in [0.717, 1.165) is 67.8 Å². The zero-order chi connectivity index (χ0) is 20.1. The molecule has 0 amide bonds. The van der Waals surface area contributed by atoms with Crippen molar-refractivity contribution in [3.05, 3.63) is 29.5 Å². The highest BCUT2D eigenvalue weighted by Gasteiger charge is 2.23. The minimum atomic E-state index is -0.443. The minimum Gasteiger partial charge on any atom is -0.390 e. The second-order valence-corrected chi connectivity index (χ2v) is 7.59. The van der Waals surface area contributed by atoms with E-state index in [-0.39, 0.29) is 6.04 Å². The average molecular weight is 420 g/mol. The lowest BCUT2D eigenvalue weighted by atomic mass is 10.1. The van der Waals surface area contributed by atoms with E-state index in [1.807, 2.05) is 18.2 Å². The van der Waals surface area contributed by atoms with Crippen LogP contribution in [-0.2, 0) is 9.47 Å². The second-order valence-electron chi connectivity index (χ2n) is 7.15. The Labute approximate surface area is 174 Å². The van der Waals surface area contributed by atoms with Crippen molar-refractivity contribution in [3.63, 3.8) is 0 Å². The zero-order valence-electron chi connectivity index (χ0n) is 16.2. The smallest absolute Gasteiger partial charge is 0.154 e. The third-order valence-corrected chi connectivity index (χ3v) is 5.33. The number of benzene rings is 1. The van der Waals surface area contributed by atoms with Gasteiger partial charge in [-0.25, -0.2) is 9.97 Å². The largest absolute Gasteiger partial charge is 0.390 e. The Bertz CT molecular complexity index is 935. The normalized spacial score (nSPS) is 22.7. The summed E-state index contributed by atoms with van der Waals surface area (Å²) in [6, 6.07) is 5.66. The van der Waals surface area contributed by atoms with Crippen LogP contribution in [-0.4, -0.2) is 71.7 Å². The number of anilines is 1. The van der Waals surface area contributed by atoms with E-state index < -0.39 is 6.10 Å². The number of halogens is 1. The Morgan fingerprint density at radius 3 is 2.69 bits per heavy atom. The standard InChI is InChI=1S/C16H18ClN5O.C4H8O2/c17-9-3-4-11-10(6-9)14-15(21-11)16(20-8-19-14)22-12-2-1-5-18-7-13(12)23;1-2-6-4-3-5-1/h3-4,6,8,12-13,18,21,23H,1-2,5,7H2,(H,19,20,22);1-4H2/t12-,13-;/m1./s1. The predicted octanol–water partition coefficient (Wildman–Crippen LogP) is 2.32. The van der Waals surface area contributed by atoms with Crippen LogP contribution < -0.4 is 10.6 Å². The van der Waals surface area contributed by atoms with Crippen LogP contribution in [0.2, 0.25) is 5.02 Å². The topological polar surface area (TPSA) is 104 Å². The molecule has 2 aliphatic heterocycles. The summed E-state index contributed by atoms with van der Waals surface area (Å²) >= 11 is 6.10. The predicted molar refractivity (Wildman–Crippen MR) is 114 cm³/mol. The van der Waals surface area contributed by atoms with Crippen molar-refractivity contribution in [2.45, 2.75) is 25.0 Å². The van der Waals surface area contributed by atoms with Crippen LogP contribution in [0.25, 0.3) is 21.9 Å². The summed E-state index contributed by atoms with van der Waals surface area (Å²) < 4.78 is 9.89. The monoisotopic (exact) mass is 419 g/mol. The molecule has 0 aliphatic carbocycles. The van der Waals surface area contributed by atoms with Crippen molar-refractivity contribution in [2.24, 2.45) is 0 Å². The fraction of sp³-hybridized carbons (Fsp3) is 0.500. The van der Waals surface area contributed by atoms with E-state index in [9.17, 15) is 5.11 Å². The molecule has 2 fully saturated rings. The summed E-state index contributed by atoms with van der Waals surface area (Å²) in [5.74, 6) is 0.716. The molecule has 0 spiro atoms. The number of nitrogens with one attached hydrogen (secondary N) is 3. The Kier molecular flexibility index (Phi) is 6.78. The lowest BCUT2D eigenvalue weighted by Crippen LogP contribution is -2.38. The van der Waals surface area contributed by atoms with Crippen LogP contribution in [0.15, 0.2) is 24.5 Å². The van der Waals surface area contributed by atoms with Crippen molar-refractivity contribution >= 4 is 39.4 Å². The van der Waals surface area contributed by atoms with Gasteiger partial charge in [0, 0.05) is 22.5 Å². The SMILES string of the molecule is C1COCCO1.O[C@@H]1CNCCC[C@H]1Nc1ncnc2c1[nH]c1ccc(Cl)cc12. The number of H-pyrrole nitrogens is 1. The summed E-state index contributed by atoms with van der Waals surface area (Å²) in [7, 11) is 0. The molecule has 2 aliphatic rings. The molecule has 1 aromatic carbocycles. The van der Waals surface area contributed by atoms with Gasteiger partial charge in [0.05, 0.1) is 38.6 Å². The lowest BCUT2D eigenvalue weighted by Gasteiger charge is -2.22. The number of aromatic amines is 1. The van der Waals surface area contributed by atoms with Crippen LogP contribution in [0.5, 0.6) is 0 Å². The number of hydrogen-bond acceptors (Lipinski definition) is 7. The van der Waals surface area contributed by atoms with Gasteiger partial charge in [0.25, 0.3) is 0 Å². The quantitative estimate of drug-likeness (QED) is 0.505. The van der Waals surface area contributed by atoms with Crippen molar-refractivity contribution in [1.82, 2.24) is 20.3 Å². The third-order valence-electron chi connectivity index (χ3n) is 5.10. The van der Waals surface area contributed by atoms with Crippen LogP contribution >= 0.6 is 11.6 Å². The van der Waals surface area contributed by atoms with Gasteiger partial charge in [-0.1, -0.05) is 11.6 Å². The van der Waals surface area contributed by atoms with Crippen LogP contribution in [0.1, 0.15) is 12.8 Å². The highest BCUT2D eigenvalue weighted by molar-refractivity contribution is 6.31. The summed E-state index contributed by atoms with van der Waals surface area (Å²) in [5, 5.41) is 18.5. The fourth-order valence-corrected chi connectivity index (χ4v) is 3.76. The van der Waals surface area contributed by atoms with Gasteiger partial charge in [-0.2, -0.15) is 0 Å². The number of β-amino-alcohol motifs (C(OH)–C–C–N with tert-alkyl or cyclic N) is 1. The molecule has 0 saturated carbocycles. The fourth-order valence-electron chi connectivity index (χ4n) is 3.59. The maximum atomic E-state index is 10.3. The van der Waals surface area contributed by atoms with Gasteiger partial charge >= 0.3 is 0 Å². The number of nitrogens with zero attached hydrogens (tertiary/aromatic N) is 2. The Morgan fingerprint density at radius 1 is 1.14 bits per heavy atom. The molecule has 2 aromatic heterocycles. The molecule has 2 atom stereocenters. The molecule has 0 unspecified atom stereocenters. The first-order valence-electron chi connectivity index (χ1n) is 9.95. The third kappa shape index (κ3) is 4.96. The number of aromatic nitrogens is 3. The molecule has 156 valence electrons. The van der Waals surface area contributed by atoms with Crippen LogP contribution in [0, 0.1) is 0 Å². The summed E-state index contributed by atoms with van der Waals surface area (Å²) in [5.41, 5.74) is 2.64. The maximum Gasteiger partial charge on any atom is 0.154 e. The van der Waals surface area contributed by atoms with Gasteiger partial charge in [0.2, 0.25) is 0 Å². The van der Waals surface area contributed by atoms with E-state index in [4.69, 9.17) is 21.1 Å². The van der Waals surface area contributed by atoms with Crippen molar-refractivity contribution in [3.8, 4) is 0 Å². The number of ether oxygens (including phenoxy) is 2. The Hall–Kier alpha value is -1.97. The highest BCUT2D eigenvalue weighted by Crippen LogP contribution is 2.29. The molecule has 0 radical (unpaired) electrons. The van der Waals surface area contributed by atoms with Crippen LogP contribution in [0.3, 0.4) is 0 Å². The molecule has 4 N–H and O–H groups in total. The number of aliphatic hydroxyl groups excluding tert-OH is 1. The van der Waals surface area contributed by atoms with Crippen LogP contribution in [0.4, 0.5) is 5.82 Å². The zero-order valence-corrected chi connectivity index (χ0v) is 16.9. The number of aliphatic hydroxyl groups is 1. The minimum absolute atomic E-state index is 0.0295. The first-order chi connectivity index (χ1) is 14.2. The molecule has 29 heavy (non-hydrogen) atoms. The van der Waals surface area contributed by atoms with Gasteiger partial charge in [-0.05, 0) is 37.6 Å². The number of fused-ring (bicyclic) bond motifs is 3. The molecule has 8 nitrogen and oxygen atoms in total. The van der Waals surface area contributed by atoms with E-state index in [2.05, 4.69) is 25.6 Å². The Balaban J connectivity index is 0.000000294. The summed E-state index contributed by atoms with van der Waals surface area (Å²) in [4.78, 5) is 12.1. The molecule has 4 heterocycles. The first-order valence-corrected chi connectivity index (χ1v) is 10.3. The molecular weight excluding hydrogens is 394 g/mol. The van der Waals surface area contributed by atoms with Gasteiger partial charge in [-0.15, -0.1) is 0 Å². The first kappa shape index (κ1) is 20.3. The molecule has 0 bridgehead atoms. The van der Waals surface area contributed by atoms with Crippen molar-refractivity contribution in [1.29, 1.82) is 0 Å². The van der Waals surface area contributed by atoms with E-state index in [0.29, 0.717) is 17.4 Å². The molecule has 3 aromatic rings. The lowest BCUT2D eigenvalue weighted by molar-refractivity contribution is -0.0334. The van der Waals surface area contributed by atoms with E-state index >= 15 is 0 Å². The average Bonchev–Trinajstić information content (AvgIpc) is 3.00. The van der Waals surface area contributed by atoms with E-state index in [1.54, 1.807) is 6.33 Å². The molecule has 9 heteroatoms. The summed E-state index contributed by atoms with van der Waals surface area (Å²) in [6.07, 6.45) is 3.01. The van der Waals surface area contributed by atoms with Gasteiger partial charge in [-0.3, -0.25) is 0 Å². The second kappa shape index (κ2) is 9.69. The van der Waals surface area contributed by atoms with Crippen molar-refractivity contribution in [2.75, 3.05) is 44.8 Å².